The molecule has 2 N–H and O–H groups in total. The summed E-state index contributed by atoms with van der Waals surface area (Å²) in [4.78, 5) is 8.60. The van der Waals surface area contributed by atoms with Crippen LogP contribution in [0.2, 0.25) is 0 Å². The molecule has 20 heavy (non-hydrogen) atoms. The Bertz CT molecular complexity index is 774. The summed E-state index contributed by atoms with van der Waals surface area (Å²) >= 11 is 0. The molecule has 0 aliphatic carbocycles. The van der Waals surface area contributed by atoms with E-state index in [0.717, 1.165) is 16.8 Å². The highest BCUT2D eigenvalue weighted by Gasteiger charge is 2.16. The number of rotatable bonds is 3. The predicted octanol–water partition coefficient (Wildman–Crippen LogP) is 1.54. The highest BCUT2D eigenvalue weighted by Crippen LogP contribution is 2.31. The van der Waals surface area contributed by atoms with E-state index in [2.05, 4.69) is 30.6 Å². The van der Waals surface area contributed by atoms with Crippen molar-refractivity contribution in [1.29, 1.82) is 0 Å². The average Bonchev–Trinajstić information content (AvgIpc) is 2.99. The highest BCUT2D eigenvalue weighted by atomic mass is 16.5. The van der Waals surface area contributed by atoms with Crippen molar-refractivity contribution in [2.75, 3.05) is 12.4 Å². The molecule has 0 atom stereocenters. The lowest BCUT2D eigenvalue weighted by Gasteiger charge is -2.07. The average molecular weight is 273 g/mol. The van der Waals surface area contributed by atoms with Crippen LogP contribution >= 0.6 is 0 Å². The lowest BCUT2D eigenvalue weighted by atomic mass is 10.3. The van der Waals surface area contributed by atoms with E-state index in [1.54, 1.807) is 17.9 Å². The lowest BCUT2D eigenvalue weighted by Crippen LogP contribution is -2.00. The number of fused-ring (bicyclic) bond motifs is 1. The van der Waals surface area contributed by atoms with Crippen LogP contribution in [0.3, 0.4) is 0 Å². The third-order valence-corrected chi connectivity index (χ3v) is 3.14. The van der Waals surface area contributed by atoms with Gasteiger partial charge >= 0.3 is 0 Å². The smallest absolute Gasteiger partial charge is 0.235 e. The molecule has 0 aliphatic heterocycles. The van der Waals surface area contributed by atoms with Crippen molar-refractivity contribution in [1.82, 2.24) is 29.9 Å². The first-order valence-electron chi connectivity index (χ1n) is 6.17. The van der Waals surface area contributed by atoms with Gasteiger partial charge in [0.2, 0.25) is 11.8 Å². The van der Waals surface area contributed by atoms with Gasteiger partial charge in [-0.25, -0.2) is 0 Å². The van der Waals surface area contributed by atoms with Gasteiger partial charge in [0.15, 0.2) is 11.4 Å². The van der Waals surface area contributed by atoms with Crippen LogP contribution in [0.15, 0.2) is 6.20 Å². The van der Waals surface area contributed by atoms with E-state index in [0.29, 0.717) is 23.2 Å². The minimum atomic E-state index is 0.451. The van der Waals surface area contributed by atoms with Crippen LogP contribution in [0.5, 0.6) is 11.6 Å². The molecule has 3 rings (SSSR count). The van der Waals surface area contributed by atoms with E-state index in [9.17, 15) is 0 Å². The SMILES string of the molecule is CNc1nc(Oc2c(C)nn(C)c2C)c2cn[nH]c2n1. The van der Waals surface area contributed by atoms with Crippen LogP contribution in [-0.2, 0) is 7.05 Å². The highest BCUT2D eigenvalue weighted by molar-refractivity contribution is 5.81. The molecule has 104 valence electrons. The largest absolute Gasteiger partial charge is 0.434 e. The van der Waals surface area contributed by atoms with Crippen molar-refractivity contribution in [2.45, 2.75) is 13.8 Å². The summed E-state index contributed by atoms with van der Waals surface area (Å²) in [7, 11) is 3.63. The van der Waals surface area contributed by atoms with Crippen LogP contribution in [-0.4, -0.2) is 37.0 Å². The zero-order chi connectivity index (χ0) is 14.3. The molecule has 3 heterocycles. The Morgan fingerprint density at radius 2 is 2.10 bits per heavy atom. The topological polar surface area (TPSA) is 93.5 Å². The van der Waals surface area contributed by atoms with Gasteiger partial charge in [-0.1, -0.05) is 0 Å². The fraction of sp³-hybridized carbons (Fsp3) is 0.333. The molecule has 0 aromatic carbocycles. The molecule has 8 nitrogen and oxygen atoms in total. The molecule has 3 aromatic heterocycles. The van der Waals surface area contributed by atoms with Gasteiger partial charge in [-0.2, -0.15) is 20.2 Å². The molecule has 0 amide bonds. The van der Waals surface area contributed by atoms with Crippen molar-refractivity contribution >= 4 is 17.0 Å². The van der Waals surface area contributed by atoms with Gasteiger partial charge in [0.25, 0.3) is 0 Å². The van der Waals surface area contributed by atoms with Gasteiger partial charge in [-0.3, -0.25) is 9.78 Å². The first-order chi connectivity index (χ1) is 9.60. The third kappa shape index (κ3) is 1.85. The maximum absolute atomic E-state index is 5.94. The molecular formula is C12H15N7O. The fourth-order valence-electron chi connectivity index (χ4n) is 2.00. The Labute approximate surface area is 115 Å². The number of hydrogen-bond donors (Lipinski definition) is 2. The molecule has 0 unspecified atom stereocenters. The van der Waals surface area contributed by atoms with Gasteiger partial charge in [-0.05, 0) is 13.8 Å². The van der Waals surface area contributed by atoms with Crippen LogP contribution in [0, 0.1) is 13.8 Å². The maximum atomic E-state index is 5.94. The summed E-state index contributed by atoms with van der Waals surface area (Å²) in [5.74, 6) is 1.62. The second kappa shape index (κ2) is 4.48. The zero-order valence-electron chi connectivity index (χ0n) is 11.7. The number of hydrogen-bond acceptors (Lipinski definition) is 6. The van der Waals surface area contributed by atoms with Gasteiger partial charge in [0.05, 0.1) is 11.9 Å². The van der Waals surface area contributed by atoms with Crippen molar-refractivity contribution in [3.05, 3.63) is 17.6 Å². The summed E-state index contributed by atoms with van der Waals surface area (Å²) in [6.07, 6.45) is 1.64. The van der Waals surface area contributed by atoms with Gasteiger partial charge in [0.1, 0.15) is 11.1 Å². The van der Waals surface area contributed by atoms with Gasteiger partial charge in [0, 0.05) is 14.1 Å². The van der Waals surface area contributed by atoms with E-state index in [-0.39, 0.29) is 0 Å². The quantitative estimate of drug-likeness (QED) is 0.751. The number of nitrogens with one attached hydrogen (secondary N) is 2. The number of anilines is 1. The Kier molecular flexibility index (Phi) is 2.78. The number of H-pyrrole nitrogens is 1. The summed E-state index contributed by atoms with van der Waals surface area (Å²) in [5.41, 5.74) is 2.37. The molecule has 3 aromatic rings. The predicted molar refractivity (Wildman–Crippen MR) is 74.0 cm³/mol. The fourth-order valence-corrected chi connectivity index (χ4v) is 2.00. The van der Waals surface area contributed by atoms with E-state index < -0.39 is 0 Å². The van der Waals surface area contributed by atoms with E-state index in [1.165, 1.54) is 0 Å². The van der Waals surface area contributed by atoms with Crippen molar-refractivity contribution in [3.63, 3.8) is 0 Å². The van der Waals surface area contributed by atoms with Crippen molar-refractivity contribution in [2.24, 2.45) is 7.05 Å². The van der Waals surface area contributed by atoms with Crippen molar-refractivity contribution < 1.29 is 4.74 Å². The van der Waals surface area contributed by atoms with Crippen LogP contribution < -0.4 is 10.1 Å². The van der Waals surface area contributed by atoms with E-state index in [4.69, 9.17) is 4.74 Å². The number of aromatic amines is 1. The molecule has 0 bridgehead atoms. The zero-order valence-corrected chi connectivity index (χ0v) is 11.7. The number of aromatic nitrogens is 6. The Morgan fingerprint density at radius 1 is 1.30 bits per heavy atom. The Balaban J connectivity index is 2.12. The second-order valence-corrected chi connectivity index (χ2v) is 4.46. The Morgan fingerprint density at radius 3 is 2.75 bits per heavy atom. The maximum Gasteiger partial charge on any atom is 0.235 e. The van der Waals surface area contributed by atoms with Gasteiger partial charge in [-0.15, -0.1) is 0 Å². The third-order valence-electron chi connectivity index (χ3n) is 3.14. The van der Waals surface area contributed by atoms with Crippen LogP contribution in [0.25, 0.3) is 11.0 Å². The van der Waals surface area contributed by atoms with Crippen LogP contribution in [0.1, 0.15) is 11.4 Å². The molecule has 0 saturated heterocycles. The van der Waals surface area contributed by atoms with Crippen molar-refractivity contribution in [3.8, 4) is 11.6 Å². The molecule has 0 radical (unpaired) electrons. The normalized spacial score (nSPS) is 11.0. The van der Waals surface area contributed by atoms with E-state index >= 15 is 0 Å². The number of nitrogens with zero attached hydrogens (tertiary/aromatic N) is 5. The molecular weight excluding hydrogens is 258 g/mol. The second-order valence-electron chi connectivity index (χ2n) is 4.46. The number of ether oxygens (including phenoxy) is 1. The molecule has 8 heteroatoms. The summed E-state index contributed by atoms with van der Waals surface area (Å²) < 4.78 is 7.72. The molecule has 0 fully saturated rings. The number of aryl methyl sites for hydroxylation is 2. The summed E-state index contributed by atoms with van der Waals surface area (Å²) in [5, 5.41) is 14.7. The monoisotopic (exact) mass is 273 g/mol. The summed E-state index contributed by atoms with van der Waals surface area (Å²) in [6.45, 7) is 3.84. The first kappa shape index (κ1) is 12.4. The Hall–Kier alpha value is -2.64. The minimum absolute atomic E-state index is 0.451. The van der Waals surface area contributed by atoms with Crippen LogP contribution in [0.4, 0.5) is 5.95 Å². The molecule has 0 aliphatic rings. The molecule has 0 spiro atoms. The standard InChI is InChI=1S/C12H15N7O/c1-6-9(7(2)19(4)18-6)20-11-8-5-14-17-10(8)15-12(13-3)16-11/h5H,1-4H3,(H2,13,14,15,16,17). The lowest BCUT2D eigenvalue weighted by molar-refractivity contribution is 0.461. The van der Waals surface area contributed by atoms with Gasteiger partial charge < -0.3 is 10.1 Å². The van der Waals surface area contributed by atoms with E-state index in [1.807, 2.05) is 20.9 Å². The first-order valence-corrected chi connectivity index (χ1v) is 6.17. The minimum Gasteiger partial charge on any atom is -0.434 e. The summed E-state index contributed by atoms with van der Waals surface area (Å²) in [6, 6.07) is 0. The molecule has 0 saturated carbocycles.